The van der Waals surface area contributed by atoms with Gasteiger partial charge >= 0.3 is 0 Å². The third-order valence-electron chi connectivity index (χ3n) is 2.65. The minimum atomic E-state index is -0.694. The minimum absolute atomic E-state index is 0.291. The zero-order valence-electron chi connectivity index (χ0n) is 7.95. The second-order valence-corrected chi connectivity index (χ2v) is 4.11. The molecule has 72 valence electrons. The van der Waals surface area contributed by atoms with Gasteiger partial charge < -0.3 is 10.2 Å². The SMILES string of the molecule is CC(C)(O)N1CCC(CO)CC1. The molecule has 3 heteroatoms. The zero-order chi connectivity index (χ0) is 9.19. The van der Waals surface area contributed by atoms with E-state index in [2.05, 4.69) is 4.90 Å². The summed E-state index contributed by atoms with van der Waals surface area (Å²) >= 11 is 0. The normalized spacial score (nSPS) is 23.0. The third-order valence-corrected chi connectivity index (χ3v) is 2.65. The van der Waals surface area contributed by atoms with Crippen molar-refractivity contribution in [1.29, 1.82) is 0 Å². The van der Waals surface area contributed by atoms with Crippen molar-refractivity contribution >= 4 is 0 Å². The fourth-order valence-corrected chi connectivity index (χ4v) is 1.66. The number of likely N-dealkylation sites (tertiary alicyclic amines) is 1. The van der Waals surface area contributed by atoms with Crippen molar-refractivity contribution in [2.45, 2.75) is 32.4 Å². The van der Waals surface area contributed by atoms with Gasteiger partial charge in [0.05, 0.1) is 0 Å². The first-order chi connectivity index (χ1) is 5.54. The Kier molecular flexibility index (Phi) is 3.09. The van der Waals surface area contributed by atoms with E-state index in [1.54, 1.807) is 0 Å². The number of nitrogens with zero attached hydrogens (tertiary/aromatic N) is 1. The molecule has 1 heterocycles. The van der Waals surface area contributed by atoms with E-state index >= 15 is 0 Å². The molecular formula is C9H19NO2. The predicted octanol–water partition coefficient (Wildman–Crippen LogP) is 0.419. The monoisotopic (exact) mass is 173 g/mol. The molecule has 3 nitrogen and oxygen atoms in total. The average molecular weight is 173 g/mol. The maximum atomic E-state index is 9.66. The second kappa shape index (κ2) is 3.73. The fourth-order valence-electron chi connectivity index (χ4n) is 1.66. The van der Waals surface area contributed by atoms with E-state index in [1.165, 1.54) is 0 Å². The Balaban J connectivity index is 2.36. The van der Waals surface area contributed by atoms with Crippen molar-refractivity contribution in [2.24, 2.45) is 5.92 Å². The first-order valence-corrected chi connectivity index (χ1v) is 4.62. The van der Waals surface area contributed by atoms with Crippen LogP contribution in [-0.2, 0) is 0 Å². The highest BCUT2D eigenvalue weighted by atomic mass is 16.3. The van der Waals surface area contributed by atoms with Crippen LogP contribution in [0.4, 0.5) is 0 Å². The van der Waals surface area contributed by atoms with Crippen LogP contribution in [0.15, 0.2) is 0 Å². The molecule has 1 aliphatic heterocycles. The molecule has 12 heavy (non-hydrogen) atoms. The topological polar surface area (TPSA) is 43.7 Å². The maximum Gasteiger partial charge on any atom is 0.112 e. The summed E-state index contributed by atoms with van der Waals surface area (Å²) in [5, 5.41) is 18.6. The van der Waals surface area contributed by atoms with E-state index in [-0.39, 0.29) is 0 Å². The van der Waals surface area contributed by atoms with Gasteiger partial charge in [-0.2, -0.15) is 0 Å². The van der Waals surface area contributed by atoms with Crippen LogP contribution in [-0.4, -0.2) is 40.5 Å². The molecule has 2 N–H and O–H groups in total. The molecule has 0 aromatic rings. The van der Waals surface area contributed by atoms with Crippen molar-refractivity contribution < 1.29 is 10.2 Å². The Morgan fingerprint density at radius 2 is 1.83 bits per heavy atom. The first kappa shape index (κ1) is 9.96. The molecule has 0 saturated carbocycles. The summed E-state index contributed by atoms with van der Waals surface area (Å²) in [4.78, 5) is 2.05. The van der Waals surface area contributed by atoms with Gasteiger partial charge in [-0.05, 0) is 32.6 Å². The number of hydrogen-bond donors (Lipinski definition) is 2. The van der Waals surface area contributed by atoms with Crippen LogP contribution in [0.3, 0.4) is 0 Å². The lowest BCUT2D eigenvalue weighted by Gasteiger charge is -2.39. The molecule has 1 aliphatic rings. The van der Waals surface area contributed by atoms with Gasteiger partial charge in [-0.3, -0.25) is 4.90 Å². The van der Waals surface area contributed by atoms with Crippen molar-refractivity contribution in [2.75, 3.05) is 19.7 Å². The molecule has 0 aromatic carbocycles. The number of piperidine rings is 1. The van der Waals surface area contributed by atoms with Crippen molar-refractivity contribution in [3.63, 3.8) is 0 Å². The van der Waals surface area contributed by atoms with Gasteiger partial charge in [0.1, 0.15) is 5.72 Å². The van der Waals surface area contributed by atoms with E-state index in [0.29, 0.717) is 12.5 Å². The number of aliphatic hydroxyl groups is 2. The Bertz CT molecular complexity index is 134. The molecule has 0 aromatic heterocycles. The third kappa shape index (κ3) is 2.44. The van der Waals surface area contributed by atoms with Gasteiger partial charge in [0, 0.05) is 19.7 Å². The Labute approximate surface area is 74.0 Å². The smallest absolute Gasteiger partial charge is 0.112 e. The minimum Gasteiger partial charge on any atom is -0.396 e. The molecule has 0 unspecified atom stereocenters. The van der Waals surface area contributed by atoms with E-state index in [4.69, 9.17) is 5.11 Å². The predicted molar refractivity (Wildman–Crippen MR) is 47.7 cm³/mol. The molecule has 1 fully saturated rings. The van der Waals surface area contributed by atoms with E-state index < -0.39 is 5.72 Å². The summed E-state index contributed by atoms with van der Waals surface area (Å²) in [6.45, 7) is 5.71. The molecular weight excluding hydrogens is 154 g/mol. The van der Waals surface area contributed by atoms with Crippen LogP contribution in [0.1, 0.15) is 26.7 Å². The quantitative estimate of drug-likeness (QED) is 0.636. The molecule has 0 bridgehead atoms. The highest BCUT2D eigenvalue weighted by molar-refractivity contribution is 4.77. The summed E-state index contributed by atoms with van der Waals surface area (Å²) in [5.74, 6) is 0.448. The Hall–Kier alpha value is -0.120. The van der Waals surface area contributed by atoms with Crippen LogP contribution in [0.5, 0.6) is 0 Å². The largest absolute Gasteiger partial charge is 0.396 e. The van der Waals surface area contributed by atoms with E-state index in [9.17, 15) is 5.11 Å². The lowest BCUT2D eigenvalue weighted by molar-refractivity contribution is -0.0942. The fraction of sp³-hybridized carbons (Fsp3) is 1.00. The summed E-state index contributed by atoms with van der Waals surface area (Å²) in [6.07, 6.45) is 2.00. The van der Waals surface area contributed by atoms with Gasteiger partial charge in [-0.1, -0.05) is 0 Å². The van der Waals surface area contributed by atoms with Crippen LogP contribution in [0, 0.1) is 5.92 Å². The maximum absolute atomic E-state index is 9.66. The van der Waals surface area contributed by atoms with Gasteiger partial charge in [0.15, 0.2) is 0 Å². The zero-order valence-corrected chi connectivity index (χ0v) is 7.95. The van der Waals surface area contributed by atoms with Crippen LogP contribution < -0.4 is 0 Å². The van der Waals surface area contributed by atoms with E-state index in [1.807, 2.05) is 13.8 Å². The van der Waals surface area contributed by atoms with Gasteiger partial charge in [0.2, 0.25) is 0 Å². The Morgan fingerprint density at radius 3 is 2.17 bits per heavy atom. The van der Waals surface area contributed by atoms with E-state index in [0.717, 1.165) is 25.9 Å². The number of rotatable bonds is 2. The van der Waals surface area contributed by atoms with Crippen molar-refractivity contribution in [1.82, 2.24) is 4.90 Å². The first-order valence-electron chi connectivity index (χ1n) is 4.62. The summed E-state index contributed by atoms with van der Waals surface area (Å²) in [5.41, 5.74) is -0.694. The summed E-state index contributed by atoms with van der Waals surface area (Å²) < 4.78 is 0. The van der Waals surface area contributed by atoms with Crippen molar-refractivity contribution in [3.05, 3.63) is 0 Å². The van der Waals surface area contributed by atoms with Gasteiger partial charge in [-0.25, -0.2) is 0 Å². The van der Waals surface area contributed by atoms with Crippen LogP contribution in [0.25, 0.3) is 0 Å². The Morgan fingerprint density at radius 1 is 1.33 bits per heavy atom. The van der Waals surface area contributed by atoms with Crippen molar-refractivity contribution in [3.8, 4) is 0 Å². The molecule has 1 saturated heterocycles. The summed E-state index contributed by atoms with van der Waals surface area (Å²) in [7, 11) is 0. The van der Waals surface area contributed by atoms with Gasteiger partial charge in [0.25, 0.3) is 0 Å². The molecule has 0 spiro atoms. The molecule has 0 atom stereocenters. The standard InChI is InChI=1S/C9H19NO2/c1-9(2,12)10-5-3-8(7-11)4-6-10/h8,11-12H,3-7H2,1-2H3. The van der Waals surface area contributed by atoms with Crippen LogP contribution >= 0.6 is 0 Å². The molecule has 0 amide bonds. The molecule has 0 radical (unpaired) electrons. The highest BCUT2D eigenvalue weighted by Gasteiger charge is 2.27. The summed E-state index contributed by atoms with van der Waals surface area (Å²) in [6, 6.07) is 0. The molecule has 1 rings (SSSR count). The number of hydrogen-bond acceptors (Lipinski definition) is 3. The second-order valence-electron chi connectivity index (χ2n) is 4.11. The lowest BCUT2D eigenvalue weighted by atomic mass is 9.96. The van der Waals surface area contributed by atoms with Crippen LogP contribution in [0.2, 0.25) is 0 Å². The van der Waals surface area contributed by atoms with Gasteiger partial charge in [-0.15, -0.1) is 0 Å². The average Bonchev–Trinajstić information content (AvgIpc) is 2.03. The lowest BCUT2D eigenvalue weighted by Crippen LogP contribution is -2.48. The highest BCUT2D eigenvalue weighted by Crippen LogP contribution is 2.21. The molecule has 0 aliphatic carbocycles. The number of aliphatic hydroxyl groups excluding tert-OH is 1.